The Bertz CT molecular complexity index is 182. The van der Waals surface area contributed by atoms with Gasteiger partial charge in [-0.1, -0.05) is 13.8 Å². The second-order valence-electron chi connectivity index (χ2n) is 4.44. The molecule has 0 spiro atoms. The van der Waals surface area contributed by atoms with E-state index in [9.17, 15) is 0 Å². The van der Waals surface area contributed by atoms with Gasteiger partial charge in [0.05, 0.1) is 6.17 Å². The summed E-state index contributed by atoms with van der Waals surface area (Å²) in [5.74, 6) is 1.40. The average molecular weight is 184 g/mol. The van der Waals surface area contributed by atoms with E-state index in [0.29, 0.717) is 24.0 Å². The molecule has 3 N–H and O–H groups in total. The minimum absolute atomic E-state index is 0.508. The zero-order valence-corrected chi connectivity index (χ0v) is 8.67. The van der Waals surface area contributed by atoms with E-state index in [0.717, 1.165) is 13.2 Å². The third-order valence-corrected chi connectivity index (χ3v) is 3.23. The van der Waals surface area contributed by atoms with E-state index in [1.165, 1.54) is 0 Å². The first-order valence-corrected chi connectivity index (χ1v) is 5.13. The molecule has 4 heteroatoms. The highest BCUT2D eigenvalue weighted by molar-refractivity contribution is 4.94. The zero-order chi connectivity index (χ0) is 9.42. The van der Waals surface area contributed by atoms with Crippen molar-refractivity contribution in [3.63, 3.8) is 0 Å². The molecule has 2 heterocycles. The molecule has 2 saturated heterocycles. The highest BCUT2D eigenvalue weighted by Gasteiger charge is 2.40. The maximum Gasteiger partial charge on any atom is 0.0795 e. The lowest BCUT2D eigenvalue weighted by atomic mass is 9.87. The minimum atomic E-state index is 0.508. The number of hydrazine groups is 1. The predicted molar refractivity (Wildman–Crippen MR) is 52.8 cm³/mol. The van der Waals surface area contributed by atoms with Crippen molar-refractivity contribution < 1.29 is 0 Å². The smallest absolute Gasteiger partial charge is 0.0795 e. The largest absolute Gasteiger partial charge is 0.301 e. The summed E-state index contributed by atoms with van der Waals surface area (Å²) in [6, 6.07) is 0.642. The van der Waals surface area contributed by atoms with Gasteiger partial charge >= 0.3 is 0 Å². The molecule has 0 aromatic heterocycles. The van der Waals surface area contributed by atoms with Gasteiger partial charge in [0.2, 0.25) is 0 Å². The van der Waals surface area contributed by atoms with Crippen molar-refractivity contribution in [1.29, 1.82) is 0 Å². The zero-order valence-electron chi connectivity index (χ0n) is 8.67. The van der Waals surface area contributed by atoms with Crippen molar-refractivity contribution in [2.24, 2.45) is 11.8 Å². The molecular formula is C9H20N4. The van der Waals surface area contributed by atoms with Crippen molar-refractivity contribution in [2.75, 3.05) is 20.3 Å². The van der Waals surface area contributed by atoms with E-state index < -0.39 is 0 Å². The number of nitrogens with zero attached hydrogens (tertiary/aromatic N) is 1. The lowest BCUT2D eigenvalue weighted by Crippen LogP contribution is -2.61. The Morgan fingerprint density at radius 1 is 1.31 bits per heavy atom. The molecule has 0 aliphatic carbocycles. The summed E-state index contributed by atoms with van der Waals surface area (Å²) in [5, 5.41) is 9.20. The normalized spacial score (nSPS) is 41.1. The van der Waals surface area contributed by atoms with E-state index >= 15 is 0 Å². The van der Waals surface area contributed by atoms with Crippen molar-refractivity contribution in [3.8, 4) is 0 Å². The van der Waals surface area contributed by atoms with E-state index in [2.05, 4.69) is 42.0 Å². The minimum Gasteiger partial charge on any atom is -0.301 e. The number of hydrogen-bond donors (Lipinski definition) is 3. The quantitative estimate of drug-likeness (QED) is 0.516. The van der Waals surface area contributed by atoms with Crippen LogP contribution < -0.4 is 16.1 Å². The SMILES string of the molecule is CC(C)C1NCNC2C1CNN2C. The van der Waals surface area contributed by atoms with Crippen LogP contribution in [0.1, 0.15) is 13.8 Å². The number of rotatable bonds is 1. The molecule has 0 aromatic rings. The monoisotopic (exact) mass is 184 g/mol. The third kappa shape index (κ3) is 1.59. The fourth-order valence-corrected chi connectivity index (χ4v) is 2.52. The van der Waals surface area contributed by atoms with Gasteiger partial charge in [-0.2, -0.15) is 0 Å². The number of nitrogens with one attached hydrogen (secondary N) is 3. The molecule has 76 valence electrons. The molecule has 3 atom stereocenters. The molecule has 0 radical (unpaired) electrons. The summed E-state index contributed by atoms with van der Waals surface area (Å²) in [6.07, 6.45) is 0.508. The first-order valence-electron chi connectivity index (χ1n) is 5.13. The number of hydrogen-bond acceptors (Lipinski definition) is 4. The summed E-state index contributed by atoms with van der Waals surface area (Å²) < 4.78 is 0. The van der Waals surface area contributed by atoms with Crippen LogP contribution in [0.3, 0.4) is 0 Å². The standard InChI is InChI=1S/C9H20N4/c1-6(2)8-7-4-12-13(3)9(7)11-5-10-8/h6-12H,4-5H2,1-3H3. The van der Waals surface area contributed by atoms with E-state index in [1.807, 2.05) is 0 Å². The first kappa shape index (κ1) is 9.40. The molecule has 3 unspecified atom stereocenters. The molecule has 4 nitrogen and oxygen atoms in total. The van der Waals surface area contributed by atoms with Gasteiger partial charge < -0.3 is 5.32 Å². The van der Waals surface area contributed by atoms with Gasteiger partial charge in [0, 0.05) is 32.2 Å². The van der Waals surface area contributed by atoms with Gasteiger partial charge in [0.25, 0.3) is 0 Å². The van der Waals surface area contributed by atoms with Crippen LogP contribution in [0.4, 0.5) is 0 Å². The maximum absolute atomic E-state index is 3.53. The third-order valence-electron chi connectivity index (χ3n) is 3.23. The second kappa shape index (κ2) is 3.53. The Kier molecular flexibility index (Phi) is 2.55. The van der Waals surface area contributed by atoms with Crippen LogP contribution in [0.15, 0.2) is 0 Å². The molecule has 13 heavy (non-hydrogen) atoms. The van der Waals surface area contributed by atoms with Gasteiger partial charge in [-0.25, -0.2) is 5.01 Å². The van der Waals surface area contributed by atoms with E-state index in [1.54, 1.807) is 0 Å². The van der Waals surface area contributed by atoms with Crippen LogP contribution >= 0.6 is 0 Å². The summed E-state index contributed by atoms with van der Waals surface area (Å²) in [5.41, 5.74) is 3.38. The summed E-state index contributed by atoms with van der Waals surface area (Å²) in [7, 11) is 2.11. The summed E-state index contributed by atoms with van der Waals surface area (Å²) in [6.45, 7) is 6.59. The van der Waals surface area contributed by atoms with Crippen molar-refractivity contribution in [3.05, 3.63) is 0 Å². The lowest BCUT2D eigenvalue weighted by Gasteiger charge is -2.38. The molecule has 2 aliphatic heterocycles. The lowest BCUT2D eigenvalue weighted by molar-refractivity contribution is 0.117. The Hall–Kier alpha value is -0.160. The molecule has 0 saturated carbocycles. The molecule has 0 amide bonds. The predicted octanol–water partition coefficient (Wildman–Crippen LogP) is -0.446. The first-order chi connectivity index (χ1) is 6.20. The van der Waals surface area contributed by atoms with Crippen LogP contribution in [0.25, 0.3) is 0 Å². The Morgan fingerprint density at radius 3 is 2.77 bits per heavy atom. The molecule has 0 aromatic carbocycles. The van der Waals surface area contributed by atoms with Gasteiger partial charge in [-0.15, -0.1) is 0 Å². The maximum atomic E-state index is 3.53. The summed E-state index contributed by atoms with van der Waals surface area (Å²) in [4.78, 5) is 0. The van der Waals surface area contributed by atoms with Crippen LogP contribution in [-0.2, 0) is 0 Å². The highest BCUT2D eigenvalue weighted by Crippen LogP contribution is 2.23. The van der Waals surface area contributed by atoms with Crippen LogP contribution in [0.5, 0.6) is 0 Å². The topological polar surface area (TPSA) is 39.3 Å². The van der Waals surface area contributed by atoms with Crippen LogP contribution in [-0.4, -0.2) is 37.5 Å². The Labute approximate surface area is 80.0 Å². The van der Waals surface area contributed by atoms with Crippen molar-refractivity contribution >= 4 is 0 Å². The fourth-order valence-electron chi connectivity index (χ4n) is 2.52. The molecule has 2 aliphatic rings. The molecule has 2 fully saturated rings. The van der Waals surface area contributed by atoms with Crippen LogP contribution in [0.2, 0.25) is 0 Å². The molecular weight excluding hydrogens is 164 g/mol. The molecule has 2 rings (SSSR count). The van der Waals surface area contributed by atoms with Gasteiger partial charge in [0.1, 0.15) is 0 Å². The Morgan fingerprint density at radius 2 is 2.08 bits per heavy atom. The van der Waals surface area contributed by atoms with Crippen LogP contribution in [0, 0.1) is 11.8 Å². The van der Waals surface area contributed by atoms with E-state index in [4.69, 9.17) is 0 Å². The Balaban J connectivity index is 2.07. The number of fused-ring (bicyclic) bond motifs is 1. The van der Waals surface area contributed by atoms with E-state index in [-0.39, 0.29) is 0 Å². The molecule has 0 bridgehead atoms. The fraction of sp³-hybridized carbons (Fsp3) is 1.00. The average Bonchev–Trinajstić information content (AvgIpc) is 2.48. The van der Waals surface area contributed by atoms with Crippen molar-refractivity contribution in [1.82, 2.24) is 21.1 Å². The van der Waals surface area contributed by atoms with Gasteiger partial charge in [-0.05, 0) is 5.92 Å². The second-order valence-corrected chi connectivity index (χ2v) is 4.44. The van der Waals surface area contributed by atoms with Crippen molar-refractivity contribution in [2.45, 2.75) is 26.1 Å². The van der Waals surface area contributed by atoms with Gasteiger partial charge in [0.15, 0.2) is 0 Å². The van der Waals surface area contributed by atoms with Gasteiger partial charge in [-0.3, -0.25) is 10.7 Å². The highest BCUT2D eigenvalue weighted by atomic mass is 15.6. The summed E-state index contributed by atoms with van der Waals surface area (Å²) >= 11 is 0.